The van der Waals surface area contributed by atoms with Crippen molar-refractivity contribution in [3.63, 3.8) is 0 Å². The topological polar surface area (TPSA) is 0 Å². The second-order valence-electron chi connectivity index (χ2n) is 1.42. The number of hydrogen-bond acceptors (Lipinski definition) is 0. The van der Waals surface area contributed by atoms with E-state index in [9.17, 15) is 0 Å². The predicted molar refractivity (Wildman–Crippen MR) is 34.6 cm³/mol. The van der Waals surface area contributed by atoms with Crippen LogP contribution in [-0.2, 0) is 0 Å². The zero-order chi connectivity index (χ0) is 3.98. The van der Waals surface area contributed by atoms with Gasteiger partial charge < -0.3 is 0 Å². The van der Waals surface area contributed by atoms with Gasteiger partial charge in [0.05, 0.1) is 0 Å². The van der Waals surface area contributed by atoms with Crippen LogP contribution in [0.5, 0.6) is 0 Å². The Bertz CT molecular complexity index is 136. The summed E-state index contributed by atoms with van der Waals surface area (Å²) in [4.78, 5) is 0. The van der Waals surface area contributed by atoms with Gasteiger partial charge >= 0.3 is 0 Å². The maximum absolute atomic E-state index is 2.37. The van der Waals surface area contributed by atoms with Gasteiger partial charge in [0.15, 0.2) is 0 Å². The molecule has 2 aliphatic heterocycles. The highest BCUT2D eigenvalue weighted by atomic mass is 32.8. The monoisotopic (exact) mass is 116 g/mol. The van der Waals surface area contributed by atoms with Crippen LogP contribution >= 0.6 is 17.2 Å². The smallest absolute Gasteiger partial charge is 0.0251 e. The van der Waals surface area contributed by atoms with Crippen molar-refractivity contribution in [3.05, 3.63) is 11.9 Å². The molecule has 0 radical (unpaired) electrons. The average Bonchev–Trinajstić information content (AvgIpc) is 2.17. The lowest BCUT2D eigenvalue weighted by molar-refractivity contribution is 2.30. The molecule has 2 heteroatoms. The Labute approximate surface area is 40.7 Å². The molecule has 0 aromatic heterocycles. The van der Waals surface area contributed by atoms with Crippen LogP contribution in [0.3, 0.4) is 0 Å². The van der Waals surface area contributed by atoms with Crippen LogP contribution in [0.25, 0.3) is 0 Å². The second-order valence-corrected chi connectivity index (χ2v) is 7.48. The summed E-state index contributed by atoms with van der Waals surface area (Å²) in [5.74, 6) is 2.37. The van der Waals surface area contributed by atoms with Crippen molar-refractivity contribution in [1.82, 2.24) is 0 Å². The molecule has 1 fully saturated rings. The SMILES string of the molecule is C1=CP2CS2=C1. The van der Waals surface area contributed by atoms with Gasteiger partial charge in [0.1, 0.15) is 0 Å². The summed E-state index contributed by atoms with van der Waals surface area (Å²) in [6.07, 6.45) is 2.22. The van der Waals surface area contributed by atoms with E-state index >= 15 is 0 Å². The van der Waals surface area contributed by atoms with Gasteiger partial charge in [-0.05, 0) is 18.3 Å². The van der Waals surface area contributed by atoms with Crippen LogP contribution in [0.1, 0.15) is 0 Å². The third-order valence-corrected chi connectivity index (χ3v) is 6.59. The first kappa shape index (κ1) is 3.40. The molecule has 1 saturated heterocycles. The van der Waals surface area contributed by atoms with Gasteiger partial charge in [0.25, 0.3) is 0 Å². The summed E-state index contributed by atoms with van der Waals surface area (Å²) in [6, 6.07) is 0. The molecule has 2 heterocycles. The van der Waals surface area contributed by atoms with E-state index in [1.807, 2.05) is 0 Å². The summed E-state index contributed by atoms with van der Waals surface area (Å²) >= 11 is 0. The van der Waals surface area contributed by atoms with E-state index in [1.54, 1.807) is 0 Å². The van der Waals surface area contributed by atoms with Crippen LogP contribution in [0.15, 0.2) is 11.9 Å². The Kier molecular flexibility index (Phi) is 0.545. The highest BCUT2D eigenvalue weighted by Gasteiger charge is 2.26. The minimum Gasteiger partial charge on any atom is -0.151 e. The molecule has 32 valence electrons. The molecule has 0 aromatic carbocycles. The summed E-state index contributed by atoms with van der Waals surface area (Å²) in [5.41, 5.74) is 1.53. The highest BCUT2D eigenvalue weighted by Crippen LogP contribution is 2.78. The predicted octanol–water partition coefficient (Wildman–Crippen LogP) is 1.95. The number of rotatable bonds is 0. The highest BCUT2D eigenvalue weighted by molar-refractivity contribution is 8.80. The lowest BCUT2D eigenvalue weighted by atomic mass is 10.8. The lowest BCUT2D eigenvalue weighted by Gasteiger charge is -1.62. The number of fused-ring (bicyclic) bond motifs is 1. The molecule has 2 atom stereocenters. The first-order valence-electron chi connectivity index (χ1n) is 1.95. The summed E-state index contributed by atoms with van der Waals surface area (Å²) < 4.78 is 0. The van der Waals surface area contributed by atoms with Gasteiger partial charge in [-0.3, -0.25) is 0 Å². The van der Waals surface area contributed by atoms with Crippen molar-refractivity contribution in [3.8, 4) is 0 Å². The van der Waals surface area contributed by atoms with Gasteiger partial charge in [-0.25, -0.2) is 0 Å². The molecule has 2 aliphatic rings. The number of hydrogen-bond donors (Lipinski definition) is 0. The normalized spacial score (nSPS) is 48.0. The van der Waals surface area contributed by atoms with E-state index in [2.05, 4.69) is 17.3 Å². The van der Waals surface area contributed by atoms with Gasteiger partial charge in [0, 0.05) is 5.49 Å². The van der Waals surface area contributed by atoms with Gasteiger partial charge in [0.2, 0.25) is 0 Å². The largest absolute Gasteiger partial charge is 0.151 e. The summed E-state index contributed by atoms with van der Waals surface area (Å²) in [5, 5.41) is 2.35. The molecule has 0 N–H and O–H groups in total. The van der Waals surface area contributed by atoms with Crippen LogP contribution in [-0.4, -0.2) is 10.9 Å². The molecule has 0 aliphatic carbocycles. The fourth-order valence-corrected chi connectivity index (χ4v) is 5.59. The minimum atomic E-state index is 0.493. The molecule has 0 amide bonds. The molecule has 0 spiro atoms. The standard InChI is InChI=1S/C4H5PS/c1-2-5-4-6(5)3-1/h1-3H,4H2. The van der Waals surface area contributed by atoms with Crippen LogP contribution in [0.4, 0.5) is 0 Å². The zero-order valence-corrected chi connectivity index (χ0v) is 5.01. The molecule has 2 rings (SSSR count). The molecule has 0 saturated carbocycles. The zero-order valence-electron chi connectivity index (χ0n) is 3.29. The average molecular weight is 116 g/mol. The Balaban J connectivity index is 2.50. The van der Waals surface area contributed by atoms with Crippen LogP contribution in [0, 0.1) is 0 Å². The van der Waals surface area contributed by atoms with Crippen molar-refractivity contribution in [2.45, 2.75) is 0 Å². The number of allylic oxidation sites excluding steroid dienone is 1. The van der Waals surface area contributed by atoms with Crippen molar-refractivity contribution < 1.29 is 0 Å². The Morgan fingerprint density at radius 1 is 1.67 bits per heavy atom. The summed E-state index contributed by atoms with van der Waals surface area (Å²) in [6.45, 7) is 0. The van der Waals surface area contributed by atoms with E-state index in [4.69, 9.17) is 0 Å². The van der Waals surface area contributed by atoms with Crippen molar-refractivity contribution in [2.24, 2.45) is 0 Å². The first-order chi connectivity index (χ1) is 2.97. The van der Waals surface area contributed by atoms with E-state index in [0.29, 0.717) is 7.12 Å². The van der Waals surface area contributed by atoms with Crippen molar-refractivity contribution >= 4 is 22.6 Å². The third-order valence-electron chi connectivity index (χ3n) is 0.976. The third kappa shape index (κ3) is 0.329. The Morgan fingerprint density at radius 3 is 2.83 bits per heavy atom. The molecule has 0 aromatic rings. The van der Waals surface area contributed by atoms with E-state index in [-0.39, 0.29) is 0 Å². The molecule has 0 nitrogen and oxygen atoms in total. The van der Waals surface area contributed by atoms with E-state index in [0.717, 1.165) is 10.1 Å². The Hall–Kier alpha value is 0.390. The van der Waals surface area contributed by atoms with Crippen LogP contribution < -0.4 is 0 Å². The fourth-order valence-electron chi connectivity index (χ4n) is 0.571. The molecule has 0 bridgehead atoms. The molecule has 6 heavy (non-hydrogen) atoms. The quantitative estimate of drug-likeness (QED) is 0.258. The first-order valence-corrected chi connectivity index (χ1v) is 5.61. The second kappa shape index (κ2) is 0.962. The Morgan fingerprint density at radius 2 is 2.67 bits per heavy atom. The molecular weight excluding hydrogens is 111 g/mol. The van der Waals surface area contributed by atoms with Gasteiger partial charge in [-0.15, -0.1) is 0 Å². The lowest BCUT2D eigenvalue weighted by Crippen LogP contribution is -1.47. The fraction of sp³-hybridized carbons (Fsp3) is 0.250. The minimum absolute atomic E-state index is 0.493. The van der Waals surface area contributed by atoms with E-state index < -0.39 is 0 Å². The van der Waals surface area contributed by atoms with Gasteiger partial charge in [-0.2, -0.15) is 10.1 Å². The van der Waals surface area contributed by atoms with Gasteiger partial charge in [-0.1, -0.05) is 6.08 Å². The van der Waals surface area contributed by atoms with E-state index in [1.165, 1.54) is 5.49 Å². The van der Waals surface area contributed by atoms with Crippen molar-refractivity contribution in [1.29, 1.82) is 0 Å². The summed E-state index contributed by atoms with van der Waals surface area (Å²) in [7, 11) is 1.32. The van der Waals surface area contributed by atoms with Crippen molar-refractivity contribution in [2.75, 3.05) is 5.49 Å². The van der Waals surface area contributed by atoms with Crippen LogP contribution in [0.2, 0.25) is 0 Å². The maximum atomic E-state index is 2.37. The molecular formula is C4H5PS. The maximum Gasteiger partial charge on any atom is 0.0251 e. The molecule has 2 unspecified atom stereocenters.